The van der Waals surface area contributed by atoms with Gasteiger partial charge >= 0.3 is 0 Å². The highest BCUT2D eigenvalue weighted by atomic mass is 32.2. The van der Waals surface area contributed by atoms with Gasteiger partial charge in [-0.25, -0.2) is 8.42 Å². The van der Waals surface area contributed by atoms with E-state index in [1.54, 1.807) is 24.3 Å². The van der Waals surface area contributed by atoms with Gasteiger partial charge in [0.2, 0.25) is 0 Å². The molecule has 12 heavy (non-hydrogen) atoms. The summed E-state index contributed by atoms with van der Waals surface area (Å²) in [4.78, 5) is 0.0947. The molecular weight excluding hydrogens is 174 g/mol. The van der Waals surface area contributed by atoms with E-state index in [9.17, 15) is 8.42 Å². The van der Waals surface area contributed by atoms with Crippen molar-refractivity contribution < 1.29 is 8.42 Å². The molecular formula is C8H9NO2S. The quantitative estimate of drug-likeness (QED) is 0.528. The van der Waals surface area contributed by atoms with E-state index in [4.69, 9.17) is 5.73 Å². The van der Waals surface area contributed by atoms with Crippen molar-refractivity contribution in [2.45, 2.75) is 0 Å². The first-order valence-electron chi connectivity index (χ1n) is 3.30. The van der Waals surface area contributed by atoms with E-state index in [0.29, 0.717) is 11.3 Å². The lowest BCUT2D eigenvalue weighted by Crippen LogP contribution is -1.88. The van der Waals surface area contributed by atoms with E-state index in [-0.39, 0.29) is 4.91 Å². The Morgan fingerprint density at radius 2 is 2.08 bits per heavy atom. The summed E-state index contributed by atoms with van der Waals surface area (Å²) in [6, 6.07) is 6.61. The van der Waals surface area contributed by atoms with Gasteiger partial charge in [-0.05, 0) is 17.7 Å². The SMILES string of the molecule is C=C(c1cccc(N)c1)[SH](=O)=O. The molecule has 0 atom stereocenters. The fraction of sp³-hybridized carbons (Fsp3) is 0. The number of benzene rings is 1. The molecule has 64 valence electrons. The molecule has 0 heterocycles. The lowest BCUT2D eigenvalue weighted by atomic mass is 10.2. The molecule has 1 rings (SSSR count). The molecule has 1 aromatic carbocycles. The van der Waals surface area contributed by atoms with Gasteiger partial charge in [0, 0.05) is 5.69 Å². The highest BCUT2D eigenvalue weighted by Gasteiger charge is 1.99. The monoisotopic (exact) mass is 183 g/mol. The Labute approximate surface area is 72.5 Å². The van der Waals surface area contributed by atoms with E-state index >= 15 is 0 Å². The van der Waals surface area contributed by atoms with Crippen LogP contribution in [0.4, 0.5) is 5.69 Å². The average Bonchev–Trinajstić information content (AvgIpc) is 2.03. The smallest absolute Gasteiger partial charge is 0.168 e. The first kappa shape index (κ1) is 8.80. The van der Waals surface area contributed by atoms with Crippen LogP contribution >= 0.6 is 0 Å². The number of rotatable bonds is 2. The first-order chi connectivity index (χ1) is 5.61. The zero-order valence-electron chi connectivity index (χ0n) is 6.36. The van der Waals surface area contributed by atoms with Crippen LogP contribution in [0.2, 0.25) is 0 Å². The second-order valence-electron chi connectivity index (χ2n) is 2.33. The van der Waals surface area contributed by atoms with Crippen molar-refractivity contribution >= 4 is 21.3 Å². The normalized spacial score (nSPS) is 10.1. The first-order valence-corrected chi connectivity index (χ1v) is 4.48. The summed E-state index contributed by atoms with van der Waals surface area (Å²) >= 11 is 0. The largest absolute Gasteiger partial charge is 0.399 e. The maximum absolute atomic E-state index is 10.5. The summed E-state index contributed by atoms with van der Waals surface area (Å²) in [6.07, 6.45) is 0. The predicted molar refractivity (Wildman–Crippen MR) is 50.2 cm³/mol. The molecule has 0 amide bonds. The van der Waals surface area contributed by atoms with Gasteiger partial charge in [-0.2, -0.15) is 0 Å². The topological polar surface area (TPSA) is 60.2 Å². The molecule has 0 fully saturated rings. The van der Waals surface area contributed by atoms with E-state index < -0.39 is 10.7 Å². The van der Waals surface area contributed by atoms with Gasteiger partial charge in [0.25, 0.3) is 0 Å². The van der Waals surface area contributed by atoms with Gasteiger partial charge < -0.3 is 5.73 Å². The number of nitrogens with two attached hydrogens (primary N) is 1. The maximum Gasteiger partial charge on any atom is 0.168 e. The Kier molecular flexibility index (Phi) is 2.50. The number of nitrogen functional groups attached to an aromatic ring is 1. The number of hydrogen-bond donors (Lipinski definition) is 2. The van der Waals surface area contributed by atoms with Crippen molar-refractivity contribution in [1.82, 2.24) is 0 Å². The minimum absolute atomic E-state index is 0.0947. The van der Waals surface area contributed by atoms with Crippen LogP contribution < -0.4 is 5.73 Å². The van der Waals surface area contributed by atoms with Crippen molar-refractivity contribution in [3.05, 3.63) is 36.4 Å². The maximum atomic E-state index is 10.5. The molecule has 3 nitrogen and oxygen atoms in total. The third kappa shape index (κ3) is 1.85. The standard InChI is InChI=1S/C8H9NO2S/c1-6(12(10)11)7-3-2-4-8(9)5-7/h2-5,12H,1,9H2. The van der Waals surface area contributed by atoms with Crippen molar-refractivity contribution in [1.29, 1.82) is 0 Å². The number of thiol groups is 1. The molecule has 0 saturated carbocycles. The van der Waals surface area contributed by atoms with Gasteiger partial charge in [0.05, 0.1) is 4.91 Å². The van der Waals surface area contributed by atoms with Crippen LogP contribution in [0, 0.1) is 0 Å². The summed E-state index contributed by atoms with van der Waals surface area (Å²) < 4.78 is 21.0. The van der Waals surface area contributed by atoms with Crippen molar-refractivity contribution in [2.24, 2.45) is 0 Å². The van der Waals surface area contributed by atoms with Crippen LogP contribution in [-0.4, -0.2) is 8.42 Å². The van der Waals surface area contributed by atoms with E-state index in [1.165, 1.54) is 0 Å². The molecule has 0 aromatic heterocycles. The van der Waals surface area contributed by atoms with Crippen LogP contribution in [0.15, 0.2) is 30.8 Å². The molecule has 2 N–H and O–H groups in total. The highest BCUT2D eigenvalue weighted by Crippen LogP contribution is 2.15. The second kappa shape index (κ2) is 3.40. The van der Waals surface area contributed by atoms with Gasteiger partial charge in [-0.1, -0.05) is 18.7 Å². The zero-order chi connectivity index (χ0) is 9.14. The molecule has 0 aliphatic carbocycles. The molecule has 0 saturated heterocycles. The molecule has 0 unspecified atom stereocenters. The van der Waals surface area contributed by atoms with Crippen LogP contribution in [0.1, 0.15) is 5.56 Å². The van der Waals surface area contributed by atoms with Crippen LogP contribution in [0.25, 0.3) is 4.91 Å². The second-order valence-corrected chi connectivity index (χ2v) is 3.38. The van der Waals surface area contributed by atoms with E-state index in [0.717, 1.165) is 0 Å². The fourth-order valence-corrected chi connectivity index (χ4v) is 1.17. The van der Waals surface area contributed by atoms with Crippen molar-refractivity contribution in [2.75, 3.05) is 5.73 Å². The Bertz CT molecular complexity index is 374. The lowest BCUT2D eigenvalue weighted by molar-refractivity contribution is 0.623. The van der Waals surface area contributed by atoms with E-state index in [2.05, 4.69) is 6.58 Å². The minimum atomic E-state index is -2.60. The molecule has 0 bridgehead atoms. The summed E-state index contributed by atoms with van der Waals surface area (Å²) in [5, 5.41) is 0. The summed E-state index contributed by atoms with van der Waals surface area (Å²) in [7, 11) is -2.60. The number of anilines is 1. The van der Waals surface area contributed by atoms with Gasteiger partial charge in [0.15, 0.2) is 10.7 Å². The minimum Gasteiger partial charge on any atom is -0.399 e. The summed E-state index contributed by atoms with van der Waals surface area (Å²) in [5.74, 6) is 0. The Morgan fingerprint density at radius 3 is 2.58 bits per heavy atom. The van der Waals surface area contributed by atoms with Crippen molar-refractivity contribution in [3.63, 3.8) is 0 Å². The molecule has 0 radical (unpaired) electrons. The summed E-state index contributed by atoms with van der Waals surface area (Å²) in [5.41, 5.74) is 6.54. The lowest BCUT2D eigenvalue weighted by Gasteiger charge is -1.98. The molecule has 4 heteroatoms. The highest BCUT2D eigenvalue weighted by molar-refractivity contribution is 7.82. The summed E-state index contributed by atoms with van der Waals surface area (Å²) in [6.45, 7) is 3.41. The average molecular weight is 183 g/mol. The molecule has 1 aromatic rings. The van der Waals surface area contributed by atoms with Crippen LogP contribution in [0.5, 0.6) is 0 Å². The fourth-order valence-electron chi connectivity index (χ4n) is 0.824. The van der Waals surface area contributed by atoms with Gasteiger partial charge in [-0.15, -0.1) is 0 Å². The Morgan fingerprint density at radius 1 is 1.42 bits per heavy atom. The Hall–Kier alpha value is -1.29. The van der Waals surface area contributed by atoms with Gasteiger partial charge in [-0.3, -0.25) is 0 Å². The number of hydrogen-bond acceptors (Lipinski definition) is 3. The van der Waals surface area contributed by atoms with Crippen LogP contribution in [0.3, 0.4) is 0 Å². The Balaban J connectivity index is 3.12. The molecule has 0 aliphatic rings. The third-order valence-electron chi connectivity index (χ3n) is 1.44. The van der Waals surface area contributed by atoms with E-state index in [1.807, 2.05) is 0 Å². The molecule has 0 aliphatic heterocycles. The third-order valence-corrected chi connectivity index (χ3v) is 2.14. The zero-order valence-corrected chi connectivity index (χ0v) is 7.25. The van der Waals surface area contributed by atoms with Crippen LogP contribution in [-0.2, 0) is 10.7 Å². The van der Waals surface area contributed by atoms with Crippen molar-refractivity contribution in [3.8, 4) is 0 Å². The molecule has 0 spiro atoms. The van der Waals surface area contributed by atoms with Gasteiger partial charge in [0.1, 0.15) is 0 Å². The predicted octanol–water partition coefficient (Wildman–Crippen LogP) is 0.851.